The van der Waals surface area contributed by atoms with Gasteiger partial charge in [0.2, 0.25) is 0 Å². The van der Waals surface area contributed by atoms with Crippen molar-refractivity contribution in [3.63, 3.8) is 0 Å². The molecule has 244 valence electrons. The van der Waals surface area contributed by atoms with E-state index in [2.05, 4.69) is 80.5 Å². The van der Waals surface area contributed by atoms with Crippen LogP contribution in [0.2, 0.25) is 0 Å². The molecule has 6 rings (SSSR count). The van der Waals surface area contributed by atoms with Crippen LogP contribution in [0.1, 0.15) is 132 Å². The zero-order chi connectivity index (χ0) is 31.9. The second kappa shape index (κ2) is 12.8. The lowest BCUT2D eigenvalue weighted by Crippen LogP contribution is -2.41. The van der Waals surface area contributed by atoms with Crippen LogP contribution < -0.4 is 10.9 Å². The third-order valence-electron chi connectivity index (χ3n) is 10.3. The van der Waals surface area contributed by atoms with Gasteiger partial charge in [-0.15, -0.1) is 0 Å². The quantitative estimate of drug-likeness (QED) is 0.427. The van der Waals surface area contributed by atoms with E-state index in [0.717, 1.165) is 74.1 Å². The molecule has 12 heteroatoms. The van der Waals surface area contributed by atoms with Crippen LogP contribution in [0.25, 0.3) is 0 Å². The minimum atomic E-state index is -0.350. The van der Waals surface area contributed by atoms with Crippen LogP contribution in [0.3, 0.4) is 0 Å². The molecule has 0 aliphatic carbocycles. The van der Waals surface area contributed by atoms with Gasteiger partial charge in [0.1, 0.15) is 12.5 Å². The minimum Gasteiger partial charge on any atom is -0.399 e. The van der Waals surface area contributed by atoms with Crippen molar-refractivity contribution in [3.8, 4) is 0 Å². The summed E-state index contributed by atoms with van der Waals surface area (Å²) >= 11 is 0. The molecule has 0 radical (unpaired) electrons. The molecule has 0 spiro atoms. The van der Waals surface area contributed by atoms with Crippen molar-refractivity contribution >= 4 is 25.2 Å². The molecule has 44 heavy (non-hydrogen) atoms. The normalized spacial score (nSPS) is 27.3. The van der Waals surface area contributed by atoms with Gasteiger partial charge in [-0.2, -0.15) is 10.2 Å². The summed E-state index contributed by atoms with van der Waals surface area (Å²) in [5, 5.41) is 9.31. The molecule has 2 unspecified atom stereocenters. The second-order valence-corrected chi connectivity index (χ2v) is 14.5. The van der Waals surface area contributed by atoms with Gasteiger partial charge in [0, 0.05) is 42.2 Å². The van der Waals surface area contributed by atoms with E-state index < -0.39 is 0 Å². The van der Waals surface area contributed by atoms with Crippen molar-refractivity contribution in [2.24, 2.45) is 0 Å². The molecule has 0 amide bonds. The molecule has 4 aliphatic rings. The van der Waals surface area contributed by atoms with Gasteiger partial charge >= 0.3 is 14.2 Å². The highest BCUT2D eigenvalue weighted by Crippen LogP contribution is 2.38. The van der Waals surface area contributed by atoms with Crippen molar-refractivity contribution in [1.29, 1.82) is 0 Å². The van der Waals surface area contributed by atoms with Gasteiger partial charge in [-0.25, -0.2) is 9.36 Å². The van der Waals surface area contributed by atoms with Crippen molar-refractivity contribution in [2.75, 3.05) is 13.2 Å². The van der Waals surface area contributed by atoms with Gasteiger partial charge in [-0.1, -0.05) is 13.8 Å². The first-order valence-corrected chi connectivity index (χ1v) is 16.8. The fourth-order valence-corrected chi connectivity index (χ4v) is 6.06. The average molecular weight is 612 g/mol. The molecule has 4 saturated heterocycles. The van der Waals surface area contributed by atoms with Crippen LogP contribution in [0.5, 0.6) is 0 Å². The highest BCUT2D eigenvalue weighted by molar-refractivity contribution is 6.63. The molecule has 2 atom stereocenters. The fourth-order valence-electron chi connectivity index (χ4n) is 6.06. The summed E-state index contributed by atoms with van der Waals surface area (Å²) in [4.78, 5) is 0. The number of nitrogens with zero attached hydrogens (tertiary/aromatic N) is 4. The van der Waals surface area contributed by atoms with Gasteiger partial charge in [-0.05, 0) is 107 Å². The monoisotopic (exact) mass is 612 g/mol. The minimum absolute atomic E-state index is 0.0511. The predicted molar refractivity (Wildman–Crippen MR) is 172 cm³/mol. The first-order valence-electron chi connectivity index (χ1n) is 16.8. The van der Waals surface area contributed by atoms with Gasteiger partial charge in [0.15, 0.2) is 0 Å². The van der Waals surface area contributed by atoms with E-state index in [9.17, 15) is 0 Å². The summed E-state index contributed by atoms with van der Waals surface area (Å²) in [6, 6.07) is 0. The SMILES string of the molecule is CCc1c(B2OC(C)(C)C(C)(C)O2)cnn1C1CCCCO1.CCc1nn(C2CCCCO2)cc1B1OC(C)(C)C(C)(C)O1. The van der Waals surface area contributed by atoms with Crippen LogP contribution in [-0.2, 0) is 40.9 Å². The molecular weight excluding hydrogens is 558 g/mol. The van der Waals surface area contributed by atoms with Gasteiger partial charge in [-0.3, -0.25) is 0 Å². The lowest BCUT2D eigenvalue weighted by molar-refractivity contribution is -0.0409. The maximum atomic E-state index is 6.18. The second-order valence-electron chi connectivity index (χ2n) is 14.5. The summed E-state index contributed by atoms with van der Waals surface area (Å²) in [6.45, 7) is 22.5. The van der Waals surface area contributed by atoms with Crippen LogP contribution in [0.15, 0.2) is 12.4 Å². The number of ether oxygens (including phenoxy) is 2. The largest absolute Gasteiger partial charge is 0.498 e. The Morgan fingerprint density at radius 3 is 1.66 bits per heavy atom. The fraction of sp³-hybridized carbons (Fsp3) is 0.812. The number of aryl methyl sites for hydroxylation is 1. The average Bonchev–Trinajstić information content (AvgIpc) is 3.71. The van der Waals surface area contributed by atoms with Crippen molar-refractivity contribution < 1.29 is 28.1 Å². The maximum Gasteiger partial charge on any atom is 0.498 e. The smallest absolute Gasteiger partial charge is 0.399 e. The molecule has 10 nitrogen and oxygen atoms in total. The lowest BCUT2D eigenvalue weighted by atomic mass is 9.78. The van der Waals surface area contributed by atoms with Crippen LogP contribution in [0.4, 0.5) is 0 Å². The Kier molecular flexibility index (Phi) is 9.82. The molecule has 2 aromatic heterocycles. The summed E-state index contributed by atoms with van der Waals surface area (Å²) in [5.41, 5.74) is 2.96. The van der Waals surface area contributed by atoms with Crippen molar-refractivity contribution in [1.82, 2.24) is 19.6 Å². The van der Waals surface area contributed by atoms with Crippen LogP contribution in [-0.4, -0.2) is 69.4 Å². The van der Waals surface area contributed by atoms with E-state index in [0.29, 0.717) is 0 Å². The predicted octanol–water partition coefficient (Wildman–Crippen LogP) is 4.89. The zero-order valence-electron chi connectivity index (χ0n) is 28.8. The Balaban J connectivity index is 0.000000175. The number of rotatable bonds is 6. The molecule has 0 aromatic carbocycles. The van der Waals surface area contributed by atoms with E-state index in [4.69, 9.17) is 33.2 Å². The molecular formula is C32H54B2N4O6. The Bertz CT molecular complexity index is 1200. The van der Waals surface area contributed by atoms with Gasteiger partial charge in [0.05, 0.1) is 28.1 Å². The van der Waals surface area contributed by atoms with E-state index >= 15 is 0 Å². The molecule has 6 heterocycles. The number of hydrogen-bond acceptors (Lipinski definition) is 8. The highest BCUT2D eigenvalue weighted by atomic mass is 16.7. The summed E-state index contributed by atoms with van der Waals surface area (Å²) in [5.74, 6) is 0. The molecule has 0 N–H and O–H groups in total. The summed E-state index contributed by atoms with van der Waals surface area (Å²) in [7, 11) is -0.699. The Morgan fingerprint density at radius 1 is 0.705 bits per heavy atom. The van der Waals surface area contributed by atoms with E-state index in [1.165, 1.54) is 12.8 Å². The van der Waals surface area contributed by atoms with Crippen molar-refractivity contribution in [2.45, 2.75) is 155 Å². The first-order chi connectivity index (χ1) is 20.7. The van der Waals surface area contributed by atoms with Gasteiger partial charge < -0.3 is 28.1 Å². The maximum absolute atomic E-state index is 6.18. The third kappa shape index (κ3) is 6.58. The van der Waals surface area contributed by atoms with Crippen LogP contribution in [0, 0.1) is 0 Å². The van der Waals surface area contributed by atoms with Crippen molar-refractivity contribution in [3.05, 3.63) is 23.8 Å². The Hall–Kier alpha value is -1.69. The number of aromatic nitrogens is 4. The lowest BCUT2D eigenvalue weighted by Gasteiger charge is -2.32. The zero-order valence-corrected chi connectivity index (χ0v) is 28.8. The third-order valence-corrected chi connectivity index (χ3v) is 10.3. The first kappa shape index (κ1) is 33.7. The summed E-state index contributed by atoms with van der Waals surface area (Å²) < 4.78 is 40.4. The topological polar surface area (TPSA) is 91.0 Å². The number of hydrogen-bond donors (Lipinski definition) is 0. The molecule has 4 aliphatic heterocycles. The molecule has 0 bridgehead atoms. The van der Waals surface area contributed by atoms with E-state index in [1.54, 1.807) is 0 Å². The molecule has 2 aromatic rings. The standard InChI is InChI=1S/2C16H27BN2O3/c1-6-13-12(17-21-15(2,3)16(4,5)22-17)11-19(18-13)14-9-7-8-10-20-14;1-6-13-12(17-21-15(2,3)16(4,5)22-17)11-18-19(13)14-9-7-8-10-20-14/h2*11,14H,6-10H2,1-5H3. The van der Waals surface area contributed by atoms with E-state index in [-0.39, 0.29) is 49.1 Å². The van der Waals surface area contributed by atoms with E-state index in [1.807, 2.05) is 15.6 Å². The van der Waals surface area contributed by atoms with Crippen LogP contribution >= 0.6 is 0 Å². The molecule has 4 fully saturated rings. The highest BCUT2D eigenvalue weighted by Gasteiger charge is 2.54. The summed E-state index contributed by atoms with van der Waals surface area (Å²) in [6.07, 6.45) is 12.5. The molecule has 0 saturated carbocycles. The van der Waals surface area contributed by atoms with Gasteiger partial charge in [0.25, 0.3) is 0 Å². The Morgan fingerprint density at radius 2 is 1.20 bits per heavy atom. The Labute approximate surface area is 265 Å².